The number of hydrogen-bond donors (Lipinski definition) is 2. The number of hydrogen-bond acceptors (Lipinski definition) is 5. The Morgan fingerprint density at radius 1 is 1.17 bits per heavy atom. The van der Waals surface area contributed by atoms with E-state index in [1.165, 1.54) is 25.5 Å². The first-order chi connectivity index (χ1) is 14.5. The second kappa shape index (κ2) is 9.35. The lowest BCUT2D eigenvalue weighted by molar-refractivity contribution is -0.149. The molecule has 1 saturated carbocycles. The molecule has 7 heteroatoms. The van der Waals surface area contributed by atoms with Gasteiger partial charge in [-0.1, -0.05) is 0 Å². The van der Waals surface area contributed by atoms with Crippen LogP contribution in [0.15, 0.2) is 18.2 Å². The Kier molecular flexibility index (Phi) is 6.58. The maximum atomic E-state index is 12.4. The van der Waals surface area contributed by atoms with Crippen molar-refractivity contribution in [3.63, 3.8) is 0 Å². The minimum Gasteiger partial charge on any atom is -0.508 e. The molecule has 2 aliphatic heterocycles. The first-order valence-electron chi connectivity index (χ1n) is 11.2. The van der Waals surface area contributed by atoms with Gasteiger partial charge in [-0.3, -0.25) is 9.59 Å². The number of benzene rings is 1. The Bertz CT molecular complexity index is 772. The van der Waals surface area contributed by atoms with Crippen molar-refractivity contribution in [3.05, 3.63) is 29.3 Å². The fourth-order valence-electron chi connectivity index (χ4n) is 4.41. The molecule has 0 aromatic heterocycles. The van der Waals surface area contributed by atoms with Crippen LogP contribution in [0.1, 0.15) is 41.6 Å². The molecular formula is C23H33N3O4. The van der Waals surface area contributed by atoms with E-state index in [0.29, 0.717) is 30.1 Å². The van der Waals surface area contributed by atoms with Crippen molar-refractivity contribution in [1.29, 1.82) is 0 Å². The number of phenolic OH excluding ortho intramolecular Hbond substituents is 1. The summed E-state index contributed by atoms with van der Waals surface area (Å²) in [4.78, 5) is 29.2. The number of nitrogens with one attached hydrogen (secondary N) is 1. The second-order valence-corrected chi connectivity index (χ2v) is 9.13. The third-order valence-electron chi connectivity index (χ3n) is 6.57. The Balaban J connectivity index is 1.22. The molecule has 0 bridgehead atoms. The van der Waals surface area contributed by atoms with Crippen molar-refractivity contribution >= 4 is 11.8 Å². The smallest absolute Gasteiger partial charge is 0.251 e. The van der Waals surface area contributed by atoms with Gasteiger partial charge >= 0.3 is 0 Å². The number of morpholine rings is 1. The number of piperidine rings is 1. The summed E-state index contributed by atoms with van der Waals surface area (Å²) in [7, 11) is 0. The highest BCUT2D eigenvalue weighted by molar-refractivity contribution is 5.94. The lowest BCUT2D eigenvalue weighted by Gasteiger charge is -2.38. The van der Waals surface area contributed by atoms with Gasteiger partial charge in [-0.2, -0.15) is 0 Å². The summed E-state index contributed by atoms with van der Waals surface area (Å²) in [5, 5.41) is 12.5. The predicted octanol–water partition coefficient (Wildman–Crippen LogP) is 1.78. The van der Waals surface area contributed by atoms with Crippen molar-refractivity contribution in [2.45, 2.75) is 38.7 Å². The highest BCUT2D eigenvalue weighted by Gasteiger charge is 2.31. The molecule has 1 aliphatic carbocycles. The lowest BCUT2D eigenvalue weighted by atomic mass is 9.95. The van der Waals surface area contributed by atoms with E-state index >= 15 is 0 Å². The van der Waals surface area contributed by atoms with Crippen molar-refractivity contribution in [1.82, 2.24) is 15.1 Å². The van der Waals surface area contributed by atoms with Crippen LogP contribution in [0, 0.1) is 18.8 Å². The number of rotatable bonds is 7. The van der Waals surface area contributed by atoms with Crippen LogP contribution in [0.4, 0.5) is 0 Å². The summed E-state index contributed by atoms with van der Waals surface area (Å²) in [6, 6.07) is 4.79. The van der Waals surface area contributed by atoms with Crippen molar-refractivity contribution in [2.24, 2.45) is 11.8 Å². The largest absolute Gasteiger partial charge is 0.508 e. The highest BCUT2D eigenvalue weighted by Crippen LogP contribution is 2.31. The predicted molar refractivity (Wildman–Crippen MR) is 113 cm³/mol. The van der Waals surface area contributed by atoms with Crippen LogP contribution in [0.2, 0.25) is 0 Å². The maximum absolute atomic E-state index is 12.4. The van der Waals surface area contributed by atoms with Gasteiger partial charge in [0.15, 0.2) is 0 Å². The van der Waals surface area contributed by atoms with E-state index in [-0.39, 0.29) is 30.3 Å². The average molecular weight is 416 g/mol. The number of carbonyl (C=O) groups excluding carboxylic acids is 2. The summed E-state index contributed by atoms with van der Waals surface area (Å²) in [6.07, 6.45) is 4.90. The van der Waals surface area contributed by atoms with E-state index in [1.54, 1.807) is 19.1 Å². The number of carbonyl (C=O) groups is 2. The normalized spacial score (nSPS) is 23.6. The fourth-order valence-corrected chi connectivity index (χ4v) is 4.41. The SMILES string of the molecule is Cc1cc(C(=O)NC[C@@H]2CN(CC3CCN(CC4CC4)CC3)C(=O)CO2)ccc1O. The second-order valence-electron chi connectivity index (χ2n) is 9.13. The van der Waals surface area contributed by atoms with Gasteiger partial charge in [0.25, 0.3) is 5.91 Å². The van der Waals surface area contributed by atoms with E-state index in [0.717, 1.165) is 38.4 Å². The van der Waals surface area contributed by atoms with Crippen LogP contribution >= 0.6 is 0 Å². The number of nitrogens with zero attached hydrogens (tertiary/aromatic N) is 2. The average Bonchev–Trinajstić information content (AvgIpc) is 3.56. The molecule has 0 spiro atoms. The zero-order valence-corrected chi connectivity index (χ0v) is 17.8. The molecule has 2 N–H and O–H groups in total. The van der Waals surface area contributed by atoms with Gasteiger partial charge in [-0.05, 0) is 81.3 Å². The van der Waals surface area contributed by atoms with Gasteiger partial charge in [0.1, 0.15) is 12.4 Å². The van der Waals surface area contributed by atoms with E-state index < -0.39 is 0 Å². The molecule has 0 unspecified atom stereocenters. The first-order valence-corrected chi connectivity index (χ1v) is 11.2. The minimum absolute atomic E-state index is 0.0483. The van der Waals surface area contributed by atoms with Gasteiger partial charge in [0, 0.05) is 31.7 Å². The monoisotopic (exact) mass is 415 g/mol. The standard InChI is InChI=1S/C23H33N3O4/c1-16-10-19(4-5-21(16)27)23(29)24-11-20-14-26(22(28)15-30-20)13-18-6-8-25(9-7-18)12-17-2-3-17/h4-5,10,17-18,20,27H,2-3,6-9,11-15H2,1H3,(H,24,29)/t20-/m1/s1. The number of aromatic hydroxyl groups is 1. The first kappa shape index (κ1) is 21.1. The molecule has 3 aliphatic rings. The van der Waals surface area contributed by atoms with E-state index in [9.17, 15) is 14.7 Å². The van der Waals surface area contributed by atoms with Crippen LogP contribution in [0.3, 0.4) is 0 Å². The van der Waals surface area contributed by atoms with Gasteiger partial charge in [0.05, 0.1) is 6.10 Å². The van der Waals surface area contributed by atoms with E-state index in [4.69, 9.17) is 4.74 Å². The quantitative estimate of drug-likeness (QED) is 0.710. The third-order valence-corrected chi connectivity index (χ3v) is 6.57. The molecule has 0 radical (unpaired) electrons. The summed E-state index contributed by atoms with van der Waals surface area (Å²) >= 11 is 0. The molecule has 7 nitrogen and oxygen atoms in total. The fraction of sp³-hybridized carbons (Fsp3) is 0.652. The number of ether oxygens (including phenoxy) is 1. The summed E-state index contributed by atoms with van der Waals surface area (Å²) in [5.74, 6) is 1.51. The summed E-state index contributed by atoms with van der Waals surface area (Å²) < 4.78 is 5.65. The van der Waals surface area contributed by atoms with Crippen molar-refractivity contribution < 1.29 is 19.4 Å². The number of amides is 2. The molecule has 2 saturated heterocycles. The summed E-state index contributed by atoms with van der Waals surface area (Å²) in [6.45, 7) is 7.07. The molecule has 3 fully saturated rings. The van der Waals surface area contributed by atoms with Crippen LogP contribution in [-0.4, -0.2) is 78.7 Å². The van der Waals surface area contributed by atoms with Gasteiger partial charge in [-0.25, -0.2) is 0 Å². The lowest BCUT2D eigenvalue weighted by Crippen LogP contribution is -2.52. The van der Waals surface area contributed by atoms with Gasteiger partial charge < -0.3 is 25.0 Å². The highest BCUT2D eigenvalue weighted by atomic mass is 16.5. The van der Waals surface area contributed by atoms with E-state index in [2.05, 4.69) is 10.2 Å². The molecule has 1 aromatic rings. The van der Waals surface area contributed by atoms with Crippen LogP contribution in [-0.2, 0) is 9.53 Å². The maximum Gasteiger partial charge on any atom is 0.251 e. The number of phenols is 1. The summed E-state index contributed by atoms with van der Waals surface area (Å²) in [5.41, 5.74) is 1.17. The number of aryl methyl sites for hydroxylation is 1. The molecule has 2 heterocycles. The zero-order chi connectivity index (χ0) is 21.1. The van der Waals surface area contributed by atoms with Gasteiger partial charge in [0.2, 0.25) is 5.91 Å². The van der Waals surface area contributed by atoms with Crippen molar-refractivity contribution in [3.8, 4) is 5.75 Å². The molecular weight excluding hydrogens is 382 g/mol. The van der Waals surface area contributed by atoms with Crippen LogP contribution in [0.25, 0.3) is 0 Å². The van der Waals surface area contributed by atoms with E-state index in [1.807, 2.05) is 4.90 Å². The topological polar surface area (TPSA) is 82.1 Å². The molecule has 1 aromatic carbocycles. The Morgan fingerprint density at radius 3 is 2.60 bits per heavy atom. The molecule has 4 rings (SSSR count). The molecule has 30 heavy (non-hydrogen) atoms. The Labute approximate surface area is 178 Å². The zero-order valence-electron chi connectivity index (χ0n) is 17.8. The Morgan fingerprint density at radius 2 is 1.90 bits per heavy atom. The third kappa shape index (κ3) is 5.52. The number of likely N-dealkylation sites (tertiary alicyclic amines) is 1. The Hall–Kier alpha value is -2.12. The molecule has 164 valence electrons. The van der Waals surface area contributed by atoms with Crippen LogP contribution < -0.4 is 5.32 Å². The van der Waals surface area contributed by atoms with Crippen molar-refractivity contribution in [2.75, 3.05) is 45.9 Å². The molecule has 2 amide bonds. The van der Waals surface area contributed by atoms with Gasteiger partial charge in [-0.15, -0.1) is 0 Å². The minimum atomic E-state index is -0.201. The van der Waals surface area contributed by atoms with Crippen LogP contribution in [0.5, 0.6) is 5.75 Å². The molecule has 1 atom stereocenters.